The predicted molar refractivity (Wildman–Crippen MR) is 76.6 cm³/mol. The minimum absolute atomic E-state index is 0.0563. The molecular formula is C13H15N3O2S. The Kier molecular flexibility index (Phi) is 4.36. The molecule has 5 nitrogen and oxygen atoms in total. The Hall–Kier alpha value is -1.63. The van der Waals surface area contributed by atoms with E-state index in [1.165, 1.54) is 11.8 Å². The van der Waals surface area contributed by atoms with Gasteiger partial charge in [0.15, 0.2) is 0 Å². The van der Waals surface area contributed by atoms with E-state index in [0.29, 0.717) is 11.3 Å². The van der Waals surface area contributed by atoms with E-state index in [1.807, 2.05) is 24.3 Å². The Morgan fingerprint density at radius 1 is 1.42 bits per heavy atom. The number of aliphatic hydroxyl groups excluding tert-OH is 2. The number of aliphatic hydroxyl groups is 2. The first kappa shape index (κ1) is 13.8. The number of fused-ring (bicyclic) bond motifs is 1. The van der Waals surface area contributed by atoms with Crippen molar-refractivity contribution in [3.8, 4) is 0 Å². The molecule has 0 spiro atoms. The highest BCUT2D eigenvalue weighted by Gasteiger charge is 2.13. The predicted octanol–water partition coefficient (Wildman–Crippen LogP) is 0.964. The number of nitrogens with one attached hydrogen (secondary N) is 1. The molecule has 2 rings (SSSR count). The highest BCUT2D eigenvalue weighted by molar-refractivity contribution is 7.99. The summed E-state index contributed by atoms with van der Waals surface area (Å²) in [5.41, 5.74) is 6.93. The van der Waals surface area contributed by atoms with Crippen LogP contribution in [-0.2, 0) is 0 Å². The minimum Gasteiger partial charge on any atom is -0.394 e. The van der Waals surface area contributed by atoms with Gasteiger partial charge in [-0.3, -0.25) is 10.4 Å². The van der Waals surface area contributed by atoms with Crippen molar-refractivity contribution in [1.29, 1.82) is 5.41 Å². The maximum atomic E-state index is 9.45. The fourth-order valence-corrected chi connectivity index (χ4v) is 2.81. The van der Waals surface area contributed by atoms with Crippen LogP contribution < -0.4 is 5.73 Å². The molecule has 0 aliphatic heterocycles. The van der Waals surface area contributed by atoms with E-state index in [2.05, 4.69) is 4.98 Å². The van der Waals surface area contributed by atoms with Crippen LogP contribution in [-0.4, -0.2) is 39.5 Å². The third-order valence-electron chi connectivity index (χ3n) is 2.65. The standard InChI is InChI=1S/C13H15N3O2S/c14-13(15)10-5-16-11-4-2-1-3-9(11)12(10)19-7-8(18)6-17/h1-5,8,17-18H,6-7H2,(H3,14,15). The molecule has 0 saturated heterocycles. The summed E-state index contributed by atoms with van der Waals surface area (Å²) in [6.45, 7) is -0.286. The number of nitrogens with zero attached hydrogens (tertiary/aromatic N) is 1. The number of hydrogen-bond acceptors (Lipinski definition) is 5. The Balaban J connectivity index is 2.46. The van der Waals surface area contributed by atoms with Crippen LogP contribution in [0.4, 0.5) is 0 Å². The average Bonchev–Trinajstić information content (AvgIpc) is 2.43. The monoisotopic (exact) mass is 277 g/mol. The molecule has 0 bridgehead atoms. The number of amidine groups is 1. The van der Waals surface area contributed by atoms with Gasteiger partial charge in [0.1, 0.15) is 5.84 Å². The van der Waals surface area contributed by atoms with E-state index in [-0.39, 0.29) is 12.4 Å². The lowest BCUT2D eigenvalue weighted by Crippen LogP contribution is -2.16. The third-order valence-corrected chi connectivity index (χ3v) is 3.93. The van der Waals surface area contributed by atoms with Crippen LogP contribution in [0.15, 0.2) is 35.4 Å². The van der Waals surface area contributed by atoms with Crippen LogP contribution in [0.2, 0.25) is 0 Å². The summed E-state index contributed by atoms with van der Waals surface area (Å²) >= 11 is 1.37. The molecule has 0 aliphatic carbocycles. The molecule has 2 aromatic rings. The smallest absolute Gasteiger partial charge is 0.125 e. The van der Waals surface area contributed by atoms with Crippen LogP contribution in [0.3, 0.4) is 0 Å². The third kappa shape index (κ3) is 3.04. The van der Waals surface area contributed by atoms with E-state index in [1.54, 1.807) is 6.20 Å². The summed E-state index contributed by atoms with van der Waals surface area (Å²) in [5, 5.41) is 26.8. The van der Waals surface area contributed by atoms with Crippen molar-refractivity contribution in [2.24, 2.45) is 5.73 Å². The van der Waals surface area contributed by atoms with Gasteiger partial charge in [-0.25, -0.2) is 0 Å². The van der Waals surface area contributed by atoms with Crippen molar-refractivity contribution < 1.29 is 10.2 Å². The summed E-state index contributed by atoms with van der Waals surface area (Å²) in [7, 11) is 0. The quantitative estimate of drug-likeness (QED) is 0.370. The number of aromatic nitrogens is 1. The summed E-state index contributed by atoms with van der Waals surface area (Å²) in [4.78, 5) is 5.08. The molecule has 19 heavy (non-hydrogen) atoms. The second-order valence-electron chi connectivity index (χ2n) is 4.08. The van der Waals surface area contributed by atoms with E-state index in [9.17, 15) is 5.11 Å². The molecule has 1 atom stereocenters. The maximum Gasteiger partial charge on any atom is 0.125 e. The molecule has 5 N–H and O–H groups in total. The first-order chi connectivity index (χ1) is 9.13. The molecule has 1 aromatic heterocycles. The number of rotatable bonds is 5. The molecule has 1 aromatic carbocycles. The second-order valence-corrected chi connectivity index (χ2v) is 5.11. The van der Waals surface area contributed by atoms with E-state index in [0.717, 1.165) is 15.8 Å². The second kappa shape index (κ2) is 6.01. The van der Waals surface area contributed by atoms with Crippen molar-refractivity contribution in [1.82, 2.24) is 4.98 Å². The topological polar surface area (TPSA) is 103 Å². The first-order valence-electron chi connectivity index (χ1n) is 5.77. The highest BCUT2D eigenvalue weighted by atomic mass is 32.2. The van der Waals surface area contributed by atoms with Crippen molar-refractivity contribution in [3.63, 3.8) is 0 Å². The van der Waals surface area contributed by atoms with Gasteiger partial charge in [0.2, 0.25) is 0 Å². The van der Waals surface area contributed by atoms with Gasteiger partial charge >= 0.3 is 0 Å². The summed E-state index contributed by atoms with van der Waals surface area (Å²) in [6, 6.07) is 7.56. The molecule has 0 amide bonds. The molecular weight excluding hydrogens is 262 g/mol. The fourth-order valence-electron chi connectivity index (χ4n) is 1.70. The van der Waals surface area contributed by atoms with Crippen molar-refractivity contribution >= 4 is 28.5 Å². The van der Waals surface area contributed by atoms with Gasteiger partial charge < -0.3 is 15.9 Å². The molecule has 1 heterocycles. The lowest BCUT2D eigenvalue weighted by Gasteiger charge is -2.12. The zero-order valence-corrected chi connectivity index (χ0v) is 11.0. The number of benzene rings is 1. The minimum atomic E-state index is -0.795. The van der Waals surface area contributed by atoms with Crippen LogP contribution in [0.1, 0.15) is 5.56 Å². The summed E-state index contributed by atoms with van der Waals surface area (Å²) in [6.07, 6.45) is 0.773. The first-order valence-corrected chi connectivity index (χ1v) is 6.76. The largest absolute Gasteiger partial charge is 0.394 e. The summed E-state index contributed by atoms with van der Waals surface area (Å²) in [5.74, 6) is 0.282. The Morgan fingerprint density at radius 2 is 2.16 bits per heavy atom. The molecule has 0 radical (unpaired) electrons. The Labute approximate surface area is 115 Å². The van der Waals surface area contributed by atoms with Gasteiger partial charge in [-0.2, -0.15) is 0 Å². The van der Waals surface area contributed by atoms with Crippen LogP contribution >= 0.6 is 11.8 Å². The average molecular weight is 277 g/mol. The van der Waals surface area contributed by atoms with Crippen LogP contribution in [0, 0.1) is 5.41 Å². The maximum absolute atomic E-state index is 9.45. The molecule has 100 valence electrons. The molecule has 0 saturated carbocycles. The van der Waals surface area contributed by atoms with Crippen molar-refractivity contribution in [3.05, 3.63) is 36.0 Å². The zero-order valence-electron chi connectivity index (χ0n) is 10.2. The zero-order chi connectivity index (χ0) is 13.8. The van der Waals surface area contributed by atoms with E-state index < -0.39 is 6.10 Å². The summed E-state index contributed by atoms with van der Waals surface area (Å²) < 4.78 is 0. The van der Waals surface area contributed by atoms with Gasteiger partial charge in [-0.1, -0.05) is 18.2 Å². The van der Waals surface area contributed by atoms with Gasteiger partial charge in [0.05, 0.1) is 18.2 Å². The number of thioether (sulfide) groups is 1. The number of nitrogen functional groups attached to an aromatic ring is 1. The normalized spacial score (nSPS) is 12.5. The molecule has 1 unspecified atom stereocenters. The molecule has 6 heteroatoms. The Morgan fingerprint density at radius 3 is 2.84 bits per heavy atom. The van der Waals surface area contributed by atoms with Crippen molar-refractivity contribution in [2.45, 2.75) is 11.0 Å². The lowest BCUT2D eigenvalue weighted by molar-refractivity contribution is 0.113. The molecule has 0 aliphatic rings. The lowest BCUT2D eigenvalue weighted by atomic mass is 10.1. The number of pyridine rings is 1. The fraction of sp³-hybridized carbons (Fsp3) is 0.231. The number of hydrogen-bond donors (Lipinski definition) is 4. The highest BCUT2D eigenvalue weighted by Crippen LogP contribution is 2.30. The van der Waals surface area contributed by atoms with E-state index >= 15 is 0 Å². The van der Waals surface area contributed by atoms with Gasteiger partial charge in [0, 0.05) is 27.8 Å². The number of nitrogens with two attached hydrogens (primary N) is 1. The van der Waals surface area contributed by atoms with E-state index in [4.69, 9.17) is 16.2 Å². The van der Waals surface area contributed by atoms with Crippen LogP contribution in [0.25, 0.3) is 10.9 Å². The Bertz CT molecular complexity index is 603. The van der Waals surface area contributed by atoms with Crippen LogP contribution in [0.5, 0.6) is 0 Å². The molecule has 0 fully saturated rings. The van der Waals surface area contributed by atoms with Crippen molar-refractivity contribution in [2.75, 3.05) is 12.4 Å². The van der Waals surface area contributed by atoms with Gasteiger partial charge in [0.25, 0.3) is 0 Å². The van der Waals surface area contributed by atoms with Gasteiger partial charge in [-0.05, 0) is 6.07 Å². The number of para-hydroxylation sites is 1. The SMILES string of the molecule is N=C(N)c1cnc2ccccc2c1SCC(O)CO. The van der Waals surface area contributed by atoms with Gasteiger partial charge in [-0.15, -0.1) is 11.8 Å².